The molecule has 1 aromatic rings. The van der Waals surface area contributed by atoms with Gasteiger partial charge >= 0.3 is 6.03 Å². The fourth-order valence-corrected chi connectivity index (χ4v) is 1.54. The van der Waals surface area contributed by atoms with Gasteiger partial charge in [-0.2, -0.15) is 0 Å². The van der Waals surface area contributed by atoms with Crippen LogP contribution in [0.5, 0.6) is 0 Å². The minimum Gasteiger partial charge on any atom is -0.365 e. The summed E-state index contributed by atoms with van der Waals surface area (Å²) in [5, 5.41) is 11.5. The van der Waals surface area contributed by atoms with Gasteiger partial charge in [0.1, 0.15) is 0 Å². The standard InChI is InChI=1S/C11H12N2O3/c1-7-2-4-8(5-3-7)6-13-10(15)9(14)12-11(13)16/h2-5,10,15H,6H2,1H3,(H,12,14,16). The number of amides is 3. The first-order valence-corrected chi connectivity index (χ1v) is 4.93. The van der Waals surface area contributed by atoms with Crippen LogP contribution in [-0.2, 0) is 11.3 Å². The van der Waals surface area contributed by atoms with Gasteiger partial charge in [-0.1, -0.05) is 29.8 Å². The average molecular weight is 220 g/mol. The Morgan fingerprint density at radius 3 is 2.44 bits per heavy atom. The SMILES string of the molecule is Cc1ccc(CN2C(=O)NC(=O)C2O)cc1. The maximum atomic E-state index is 11.3. The summed E-state index contributed by atoms with van der Waals surface area (Å²) >= 11 is 0. The monoisotopic (exact) mass is 220 g/mol. The zero-order chi connectivity index (χ0) is 11.7. The molecule has 1 heterocycles. The van der Waals surface area contributed by atoms with Crippen LogP contribution in [0.25, 0.3) is 0 Å². The number of benzene rings is 1. The molecule has 0 bridgehead atoms. The summed E-state index contributed by atoms with van der Waals surface area (Å²) in [6.45, 7) is 2.18. The lowest BCUT2D eigenvalue weighted by Gasteiger charge is -2.17. The van der Waals surface area contributed by atoms with Crippen LogP contribution in [0.4, 0.5) is 4.79 Å². The molecule has 1 fully saturated rings. The molecular formula is C11H12N2O3. The molecule has 0 spiro atoms. The van der Waals surface area contributed by atoms with Crippen molar-refractivity contribution in [3.63, 3.8) is 0 Å². The second kappa shape index (κ2) is 3.94. The van der Waals surface area contributed by atoms with E-state index in [4.69, 9.17) is 0 Å². The van der Waals surface area contributed by atoms with Gasteiger partial charge in [0.05, 0.1) is 6.54 Å². The predicted octanol–water partition coefficient (Wildman–Crippen LogP) is 0.365. The number of hydrogen-bond acceptors (Lipinski definition) is 3. The number of aliphatic hydroxyl groups is 1. The zero-order valence-electron chi connectivity index (χ0n) is 8.80. The second-order valence-electron chi connectivity index (χ2n) is 3.78. The normalized spacial score (nSPS) is 20.1. The molecule has 0 aromatic heterocycles. The molecule has 84 valence electrons. The molecule has 0 aliphatic carbocycles. The summed E-state index contributed by atoms with van der Waals surface area (Å²) in [6.07, 6.45) is -1.38. The van der Waals surface area contributed by atoms with Gasteiger partial charge in [0, 0.05) is 0 Å². The highest BCUT2D eigenvalue weighted by molar-refractivity contribution is 6.03. The van der Waals surface area contributed by atoms with Crippen LogP contribution in [0.2, 0.25) is 0 Å². The van der Waals surface area contributed by atoms with Crippen molar-refractivity contribution in [3.05, 3.63) is 35.4 Å². The van der Waals surface area contributed by atoms with Crippen molar-refractivity contribution in [2.24, 2.45) is 0 Å². The fraction of sp³-hybridized carbons (Fsp3) is 0.273. The first kappa shape index (κ1) is 10.6. The molecule has 1 aliphatic heterocycles. The third kappa shape index (κ3) is 1.90. The lowest BCUT2D eigenvalue weighted by atomic mass is 10.1. The van der Waals surface area contributed by atoms with Crippen molar-refractivity contribution >= 4 is 11.9 Å². The summed E-state index contributed by atoms with van der Waals surface area (Å²) in [6, 6.07) is 6.99. The molecule has 2 N–H and O–H groups in total. The van der Waals surface area contributed by atoms with Crippen molar-refractivity contribution < 1.29 is 14.7 Å². The molecule has 1 atom stereocenters. The third-order valence-corrected chi connectivity index (χ3v) is 2.49. The molecule has 16 heavy (non-hydrogen) atoms. The number of nitrogens with zero attached hydrogens (tertiary/aromatic N) is 1. The van der Waals surface area contributed by atoms with Gasteiger partial charge < -0.3 is 5.11 Å². The highest BCUT2D eigenvalue weighted by Crippen LogP contribution is 2.12. The Labute approximate surface area is 92.7 Å². The molecule has 0 radical (unpaired) electrons. The second-order valence-corrected chi connectivity index (χ2v) is 3.78. The topological polar surface area (TPSA) is 69.6 Å². The highest BCUT2D eigenvalue weighted by atomic mass is 16.3. The minimum absolute atomic E-state index is 0.221. The van der Waals surface area contributed by atoms with E-state index < -0.39 is 18.2 Å². The van der Waals surface area contributed by atoms with Gasteiger partial charge in [0.2, 0.25) is 6.23 Å². The Morgan fingerprint density at radius 2 is 1.94 bits per heavy atom. The number of urea groups is 1. The summed E-state index contributed by atoms with van der Waals surface area (Å²) in [4.78, 5) is 23.4. The number of carbonyl (C=O) groups is 2. The molecule has 0 saturated carbocycles. The Bertz CT molecular complexity index is 427. The number of aliphatic hydroxyl groups excluding tert-OH is 1. The Kier molecular flexibility index (Phi) is 2.62. The maximum Gasteiger partial charge on any atom is 0.326 e. The molecule has 1 unspecified atom stereocenters. The van der Waals surface area contributed by atoms with E-state index in [9.17, 15) is 14.7 Å². The highest BCUT2D eigenvalue weighted by Gasteiger charge is 2.36. The van der Waals surface area contributed by atoms with Crippen molar-refractivity contribution in [1.82, 2.24) is 10.2 Å². The van der Waals surface area contributed by atoms with Crippen LogP contribution >= 0.6 is 0 Å². The van der Waals surface area contributed by atoms with Gasteiger partial charge in [-0.3, -0.25) is 15.0 Å². The number of nitrogens with one attached hydrogen (secondary N) is 1. The molecule has 1 saturated heterocycles. The van der Waals surface area contributed by atoms with Crippen LogP contribution in [0, 0.1) is 6.92 Å². The molecule has 2 rings (SSSR count). The molecule has 5 heteroatoms. The molecule has 1 aromatic carbocycles. The van der Waals surface area contributed by atoms with Crippen LogP contribution in [0.3, 0.4) is 0 Å². The van der Waals surface area contributed by atoms with Crippen LogP contribution < -0.4 is 5.32 Å². The van der Waals surface area contributed by atoms with Gasteiger partial charge in [0.25, 0.3) is 5.91 Å². The lowest BCUT2D eigenvalue weighted by Crippen LogP contribution is -2.34. The van der Waals surface area contributed by atoms with Crippen LogP contribution in [-0.4, -0.2) is 28.2 Å². The number of hydrogen-bond donors (Lipinski definition) is 2. The van der Waals surface area contributed by atoms with E-state index in [0.29, 0.717) is 0 Å². The largest absolute Gasteiger partial charge is 0.365 e. The number of imide groups is 1. The smallest absolute Gasteiger partial charge is 0.326 e. The maximum absolute atomic E-state index is 11.3. The number of rotatable bonds is 2. The lowest BCUT2D eigenvalue weighted by molar-refractivity contribution is -0.130. The third-order valence-electron chi connectivity index (χ3n) is 2.49. The van der Waals surface area contributed by atoms with E-state index in [2.05, 4.69) is 0 Å². The Balaban J connectivity index is 2.13. The summed E-state index contributed by atoms with van der Waals surface area (Å²) in [5.41, 5.74) is 1.99. The van der Waals surface area contributed by atoms with Gasteiger partial charge in [-0.05, 0) is 12.5 Å². The van der Waals surface area contributed by atoms with E-state index in [1.165, 1.54) is 0 Å². The van der Waals surface area contributed by atoms with Crippen molar-refractivity contribution in [2.75, 3.05) is 0 Å². The Hall–Kier alpha value is -1.88. The van der Waals surface area contributed by atoms with E-state index in [-0.39, 0.29) is 6.54 Å². The van der Waals surface area contributed by atoms with Crippen molar-refractivity contribution in [2.45, 2.75) is 19.7 Å². The molecular weight excluding hydrogens is 208 g/mol. The van der Waals surface area contributed by atoms with E-state index in [0.717, 1.165) is 16.0 Å². The van der Waals surface area contributed by atoms with Gasteiger partial charge in [-0.25, -0.2) is 4.79 Å². The minimum atomic E-state index is -1.38. The quantitative estimate of drug-likeness (QED) is 0.707. The summed E-state index contributed by atoms with van der Waals surface area (Å²) < 4.78 is 0. The van der Waals surface area contributed by atoms with Gasteiger partial charge in [0.15, 0.2) is 0 Å². The fourth-order valence-electron chi connectivity index (χ4n) is 1.54. The van der Waals surface area contributed by atoms with E-state index in [1.54, 1.807) is 0 Å². The van der Waals surface area contributed by atoms with Crippen LogP contribution in [0.15, 0.2) is 24.3 Å². The van der Waals surface area contributed by atoms with Crippen LogP contribution in [0.1, 0.15) is 11.1 Å². The van der Waals surface area contributed by atoms with E-state index >= 15 is 0 Å². The first-order valence-electron chi connectivity index (χ1n) is 4.93. The molecule has 1 aliphatic rings. The first-order chi connectivity index (χ1) is 7.58. The number of carbonyl (C=O) groups excluding carboxylic acids is 2. The van der Waals surface area contributed by atoms with E-state index in [1.807, 2.05) is 36.5 Å². The van der Waals surface area contributed by atoms with Gasteiger partial charge in [-0.15, -0.1) is 0 Å². The van der Waals surface area contributed by atoms with Crippen molar-refractivity contribution in [3.8, 4) is 0 Å². The number of aryl methyl sites for hydroxylation is 1. The zero-order valence-corrected chi connectivity index (χ0v) is 8.80. The van der Waals surface area contributed by atoms with Crippen molar-refractivity contribution in [1.29, 1.82) is 0 Å². The molecule has 5 nitrogen and oxygen atoms in total. The average Bonchev–Trinajstić information content (AvgIpc) is 2.48. The summed E-state index contributed by atoms with van der Waals surface area (Å²) in [7, 11) is 0. The molecule has 3 amide bonds. The Morgan fingerprint density at radius 1 is 1.31 bits per heavy atom. The predicted molar refractivity (Wildman–Crippen MR) is 56.3 cm³/mol. The summed E-state index contributed by atoms with van der Waals surface area (Å²) in [5.74, 6) is -0.669.